The van der Waals surface area contributed by atoms with E-state index in [4.69, 9.17) is 10.5 Å². The van der Waals surface area contributed by atoms with Gasteiger partial charge in [0.05, 0.1) is 5.56 Å². The second-order valence-corrected chi connectivity index (χ2v) is 6.40. The fourth-order valence-electron chi connectivity index (χ4n) is 2.26. The van der Waals surface area contributed by atoms with Crippen LogP contribution in [0.2, 0.25) is 0 Å². The van der Waals surface area contributed by atoms with Crippen LogP contribution in [0, 0.1) is 0 Å². The number of carbonyl (C=O) groups excluding carboxylic acids is 1. The van der Waals surface area contributed by atoms with Gasteiger partial charge in [-0.1, -0.05) is 41.7 Å². The topological polar surface area (TPSA) is 90.1 Å². The van der Waals surface area contributed by atoms with Gasteiger partial charge in [0.1, 0.15) is 16.5 Å². The first-order chi connectivity index (χ1) is 12.2. The third-order valence-electron chi connectivity index (χ3n) is 3.44. The Bertz CT molecular complexity index is 836. The van der Waals surface area contributed by atoms with Gasteiger partial charge in [-0.25, -0.2) is 0 Å². The molecule has 0 aliphatic carbocycles. The summed E-state index contributed by atoms with van der Waals surface area (Å²) in [6.07, 6.45) is 1.50. The second-order valence-electron chi connectivity index (χ2n) is 5.30. The van der Waals surface area contributed by atoms with Gasteiger partial charge in [-0.15, -0.1) is 10.2 Å². The number of hydrogen-bond acceptors (Lipinski definition) is 6. The van der Waals surface area contributed by atoms with Gasteiger partial charge in [0.2, 0.25) is 5.13 Å². The molecule has 0 bridgehead atoms. The molecular weight excluding hydrogens is 336 g/mol. The Labute approximate surface area is 149 Å². The van der Waals surface area contributed by atoms with Crippen LogP contribution in [0.5, 0.6) is 11.5 Å². The molecule has 0 fully saturated rings. The summed E-state index contributed by atoms with van der Waals surface area (Å²) in [6.45, 7) is 0.540. The normalized spacial score (nSPS) is 10.4. The molecule has 0 aliphatic rings. The molecule has 0 radical (unpaired) electrons. The maximum absolute atomic E-state index is 12.4. The van der Waals surface area contributed by atoms with Crippen LogP contribution in [0.4, 0.5) is 5.13 Å². The number of nitrogen functional groups attached to an aromatic ring is 1. The molecular formula is C18H18N4O2S. The Morgan fingerprint density at radius 2 is 1.84 bits per heavy atom. The summed E-state index contributed by atoms with van der Waals surface area (Å²) < 4.78 is 5.82. The zero-order chi connectivity index (χ0) is 17.5. The molecule has 0 unspecified atom stereocenters. The lowest BCUT2D eigenvalue weighted by atomic mass is 10.2. The molecule has 25 heavy (non-hydrogen) atoms. The van der Waals surface area contributed by atoms with Crippen LogP contribution < -0.4 is 15.8 Å². The fourth-order valence-corrected chi connectivity index (χ4v) is 2.91. The Kier molecular flexibility index (Phi) is 5.58. The summed E-state index contributed by atoms with van der Waals surface area (Å²) >= 11 is 1.37. The van der Waals surface area contributed by atoms with E-state index in [0.29, 0.717) is 28.7 Å². The molecule has 0 saturated carbocycles. The van der Waals surface area contributed by atoms with Crippen molar-refractivity contribution in [3.63, 3.8) is 0 Å². The van der Waals surface area contributed by atoms with E-state index in [9.17, 15) is 4.79 Å². The average molecular weight is 354 g/mol. The molecule has 0 aliphatic heterocycles. The standard InChI is InChI=1S/C18H18N4O2S/c19-18-22-21-16(25-18)11-6-12-20-17(23)14-9-4-5-10-15(14)24-13-7-2-1-3-8-13/h1-5,7-10H,6,11-12H2,(H2,19,22)(H,20,23). The molecule has 3 aromatic rings. The summed E-state index contributed by atoms with van der Waals surface area (Å²) in [5.74, 6) is 1.06. The van der Waals surface area contributed by atoms with E-state index in [0.717, 1.165) is 17.8 Å². The first-order valence-corrected chi connectivity index (χ1v) is 8.72. The smallest absolute Gasteiger partial charge is 0.255 e. The van der Waals surface area contributed by atoms with Crippen molar-refractivity contribution in [2.24, 2.45) is 0 Å². The highest BCUT2D eigenvalue weighted by molar-refractivity contribution is 7.15. The molecule has 0 atom stereocenters. The first-order valence-electron chi connectivity index (χ1n) is 7.90. The van der Waals surface area contributed by atoms with E-state index < -0.39 is 0 Å². The number of benzene rings is 2. The van der Waals surface area contributed by atoms with Gasteiger partial charge in [-0.2, -0.15) is 0 Å². The van der Waals surface area contributed by atoms with Gasteiger partial charge >= 0.3 is 0 Å². The summed E-state index contributed by atoms with van der Waals surface area (Å²) in [5, 5.41) is 12.0. The van der Waals surface area contributed by atoms with Gasteiger partial charge in [0.15, 0.2) is 0 Å². The number of carbonyl (C=O) groups is 1. The minimum absolute atomic E-state index is 0.164. The summed E-state index contributed by atoms with van der Waals surface area (Å²) in [6, 6.07) is 16.6. The summed E-state index contributed by atoms with van der Waals surface area (Å²) in [7, 11) is 0. The Morgan fingerprint density at radius 3 is 2.60 bits per heavy atom. The van der Waals surface area contributed by atoms with Gasteiger partial charge in [0, 0.05) is 13.0 Å². The minimum Gasteiger partial charge on any atom is -0.457 e. The number of aromatic nitrogens is 2. The fraction of sp³-hybridized carbons (Fsp3) is 0.167. The average Bonchev–Trinajstić information content (AvgIpc) is 3.05. The van der Waals surface area contributed by atoms with E-state index in [1.807, 2.05) is 42.5 Å². The van der Waals surface area contributed by atoms with Gasteiger partial charge in [-0.05, 0) is 30.7 Å². The third-order valence-corrected chi connectivity index (χ3v) is 4.25. The van der Waals surface area contributed by atoms with Crippen molar-refractivity contribution in [3.05, 3.63) is 65.2 Å². The van der Waals surface area contributed by atoms with Gasteiger partial charge in [0.25, 0.3) is 5.91 Å². The molecule has 0 spiro atoms. The molecule has 7 heteroatoms. The number of para-hydroxylation sites is 2. The van der Waals surface area contributed by atoms with Gasteiger partial charge < -0.3 is 15.8 Å². The number of hydrogen-bond donors (Lipinski definition) is 2. The van der Waals surface area contributed by atoms with Crippen LogP contribution in [-0.4, -0.2) is 22.6 Å². The van der Waals surface area contributed by atoms with Crippen molar-refractivity contribution in [1.82, 2.24) is 15.5 Å². The minimum atomic E-state index is -0.164. The monoisotopic (exact) mass is 354 g/mol. The highest BCUT2D eigenvalue weighted by atomic mass is 32.1. The Morgan fingerprint density at radius 1 is 1.08 bits per heavy atom. The number of aryl methyl sites for hydroxylation is 1. The molecule has 3 rings (SSSR count). The number of rotatable bonds is 7. The van der Waals surface area contributed by atoms with Crippen molar-refractivity contribution < 1.29 is 9.53 Å². The van der Waals surface area contributed by atoms with E-state index in [2.05, 4.69) is 15.5 Å². The first kappa shape index (κ1) is 16.9. The van der Waals surface area contributed by atoms with E-state index in [1.54, 1.807) is 12.1 Å². The zero-order valence-corrected chi connectivity index (χ0v) is 14.3. The largest absolute Gasteiger partial charge is 0.457 e. The maximum atomic E-state index is 12.4. The lowest BCUT2D eigenvalue weighted by Gasteiger charge is -2.11. The van der Waals surface area contributed by atoms with Crippen molar-refractivity contribution in [2.75, 3.05) is 12.3 Å². The Balaban J connectivity index is 1.56. The van der Waals surface area contributed by atoms with Gasteiger partial charge in [-0.3, -0.25) is 4.79 Å². The van der Waals surface area contributed by atoms with Crippen LogP contribution in [0.3, 0.4) is 0 Å². The number of ether oxygens (including phenoxy) is 1. The van der Waals surface area contributed by atoms with E-state index in [-0.39, 0.29) is 5.91 Å². The lowest BCUT2D eigenvalue weighted by molar-refractivity contribution is 0.0951. The second kappa shape index (κ2) is 8.25. The highest BCUT2D eigenvalue weighted by Crippen LogP contribution is 2.24. The molecule has 3 N–H and O–H groups in total. The number of anilines is 1. The molecule has 128 valence electrons. The predicted molar refractivity (Wildman–Crippen MR) is 97.9 cm³/mol. The molecule has 0 saturated heterocycles. The van der Waals surface area contributed by atoms with Crippen molar-refractivity contribution >= 4 is 22.4 Å². The van der Waals surface area contributed by atoms with Crippen LogP contribution in [0.1, 0.15) is 21.8 Å². The molecule has 1 amide bonds. The molecule has 6 nitrogen and oxygen atoms in total. The van der Waals surface area contributed by atoms with Crippen molar-refractivity contribution in [3.8, 4) is 11.5 Å². The SMILES string of the molecule is Nc1nnc(CCCNC(=O)c2ccccc2Oc2ccccc2)s1. The Hall–Kier alpha value is -2.93. The van der Waals surface area contributed by atoms with Crippen LogP contribution in [0.15, 0.2) is 54.6 Å². The number of nitrogens with two attached hydrogens (primary N) is 1. The number of nitrogens with one attached hydrogen (secondary N) is 1. The van der Waals surface area contributed by atoms with Crippen LogP contribution in [0.25, 0.3) is 0 Å². The number of nitrogens with zero attached hydrogens (tertiary/aromatic N) is 2. The van der Waals surface area contributed by atoms with E-state index >= 15 is 0 Å². The molecule has 1 heterocycles. The molecule has 1 aromatic heterocycles. The van der Waals surface area contributed by atoms with Crippen LogP contribution >= 0.6 is 11.3 Å². The quantitative estimate of drug-likeness (QED) is 0.636. The van der Waals surface area contributed by atoms with Crippen molar-refractivity contribution in [2.45, 2.75) is 12.8 Å². The van der Waals surface area contributed by atoms with E-state index in [1.165, 1.54) is 11.3 Å². The summed E-state index contributed by atoms with van der Waals surface area (Å²) in [4.78, 5) is 12.4. The zero-order valence-electron chi connectivity index (χ0n) is 13.5. The number of amides is 1. The van der Waals surface area contributed by atoms with Crippen molar-refractivity contribution in [1.29, 1.82) is 0 Å². The summed E-state index contributed by atoms with van der Waals surface area (Å²) in [5.41, 5.74) is 6.05. The molecule has 2 aromatic carbocycles. The lowest BCUT2D eigenvalue weighted by Crippen LogP contribution is -2.25. The van der Waals surface area contributed by atoms with Crippen LogP contribution in [-0.2, 0) is 6.42 Å². The predicted octanol–water partition coefficient (Wildman–Crippen LogP) is 3.28. The third kappa shape index (κ3) is 4.77. The maximum Gasteiger partial charge on any atom is 0.255 e. The highest BCUT2D eigenvalue weighted by Gasteiger charge is 2.12.